The molecule has 1 aromatic heterocycles. The van der Waals surface area contributed by atoms with Gasteiger partial charge in [-0.25, -0.2) is 13.1 Å². The average Bonchev–Trinajstić information content (AvgIpc) is 3.30. The molecule has 1 amide bonds. The van der Waals surface area contributed by atoms with E-state index in [4.69, 9.17) is 0 Å². The Morgan fingerprint density at radius 1 is 1.31 bits per heavy atom. The lowest BCUT2D eigenvalue weighted by molar-refractivity contribution is 0.102. The Morgan fingerprint density at radius 3 is 2.88 bits per heavy atom. The first-order valence-electron chi connectivity index (χ1n) is 8.65. The molecule has 0 bridgehead atoms. The summed E-state index contributed by atoms with van der Waals surface area (Å²) >= 11 is 0. The SMILES string of the molecule is Cc1ccc(NC(=O)c2n[nH]c3c2CNCC3)cc1S(=O)(=O)NC1CC1. The molecule has 26 heavy (non-hydrogen) atoms. The highest BCUT2D eigenvalue weighted by atomic mass is 32.2. The summed E-state index contributed by atoms with van der Waals surface area (Å²) in [6, 6.07) is 4.91. The number of amides is 1. The number of hydrogen-bond donors (Lipinski definition) is 4. The zero-order chi connectivity index (χ0) is 18.3. The van der Waals surface area contributed by atoms with Gasteiger partial charge < -0.3 is 10.6 Å². The minimum absolute atomic E-state index is 0.0284. The number of H-pyrrole nitrogens is 1. The van der Waals surface area contributed by atoms with Gasteiger partial charge in [-0.2, -0.15) is 5.10 Å². The maximum atomic E-state index is 12.6. The lowest BCUT2D eigenvalue weighted by Crippen LogP contribution is -2.27. The van der Waals surface area contributed by atoms with Crippen LogP contribution in [0.15, 0.2) is 23.1 Å². The topological polar surface area (TPSA) is 116 Å². The number of aromatic nitrogens is 2. The number of carbonyl (C=O) groups excluding carboxylic acids is 1. The van der Waals surface area contributed by atoms with Crippen molar-refractivity contribution < 1.29 is 13.2 Å². The van der Waals surface area contributed by atoms with Crippen molar-refractivity contribution >= 4 is 21.6 Å². The van der Waals surface area contributed by atoms with E-state index in [1.807, 2.05) is 0 Å². The fourth-order valence-corrected chi connectivity index (χ4v) is 4.63. The standard InChI is InChI=1S/C17H21N5O3S/c1-10-2-3-12(8-15(10)26(24,25)22-11-4-5-11)19-17(23)16-13-9-18-7-6-14(13)20-21-16/h2-3,8,11,18,22H,4-7,9H2,1H3,(H,19,23)(H,20,21). The molecular formula is C17H21N5O3S. The number of carbonyl (C=O) groups is 1. The first kappa shape index (κ1) is 17.2. The van der Waals surface area contributed by atoms with Crippen LogP contribution >= 0.6 is 0 Å². The number of sulfonamides is 1. The van der Waals surface area contributed by atoms with Crippen LogP contribution in [0, 0.1) is 6.92 Å². The first-order valence-corrected chi connectivity index (χ1v) is 10.1. The molecule has 1 aliphatic heterocycles. The van der Waals surface area contributed by atoms with Gasteiger partial charge >= 0.3 is 0 Å². The molecule has 1 saturated carbocycles. The van der Waals surface area contributed by atoms with E-state index in [9.17, 15) is 13.2 Å². The van der Waals surface area contributed by atoms with Gasteiger partial charge in [0.2, 0.25) is 10.0 Å². The number of aryl methyl sites for hydroxylation is 1. The minimum Gasteiger partial charge on any atom is -0.321 e. The van der Waals surface area contributed by atoms with Crippen LogP contribution in [0.1, 0.15) is 40.2 Å². The first-order chi connectivity index (χ1) is 12.4. The second-order valence-electron chi connectivity index (χ2n) is 6.79. The third kappa shape index (κ3) is 3.37. The smallest absolute Gasteiger partial charge is 0.276 e. The molecule has 0 saturated heterocycles. The summed E-state index contributed by atoms with van der Waals surface area (Å²) in [6.07, 6.45) is 2.54. The molecule has 1 fully saturated rings. The number of aromatic amines is 1. The summed E-state index contributed by atoms with van der Waals surface area (Å²) in [7, 11) is -3.59. The van der Waals surface area contributed by atoms with E-state index in [-0.39, 0.29) is 16.8 Å². The number of hydrogen-bond acceptors (Lipinski definition) is 5. The molecule has 0 unspecified atom stereocenters. The largest absolute Gasteiger partial charge is 0.321 e. The molecule has 1 aliphatic carbocycles. The van der Waals surface area contributed by atoms with Gasteiger partial charge in [0.15, 0.2) is 5.69 Å². The summed E-state index contributed by atoms with van der Waals surface area (Å²) < 4.78 is 27.7. The third-order valence-electron chi connectivity index (χ3n) is 4.66. The molecule has 0 radical (unpaired) electrons. The van der Waals surface area contributed by atoms with Gasteiger partial charge in [-0.15, -0.1) is 0 Å². The van der Waals surface area contributed by atoms with E-state index >= 15 is 0 Å². The van der Waals surface area contributed by atoms with Crippen LogP contribution in [-0.4, -0.2) is 37.1 Å². The van der Waals surface area contributed by atoms with Gasteiger partial charge in [0, 0.05) is 42.5 Å². The number of anilines is 1. The second-order valence-corrected chi connectivity index (χ2v) is 8.47. The summed E-state index contributed by atoms with van der Waals surface area (Å²) in [5, 5.41) is 13.0. The molecule has 2 aromatic rings. The van der Waals surface area contributed by atoms with Crippen molar-refractivity contribution in [1.29, 1.82) is 0 Å². The van der Waals surface area contributed by atoms with E-state index < -0.39 is 10.0 Å². The van der Waals surface area contributed by atoms with Crippen molar-refractivity contribution in [3.05, 3.63) is 40.7 Å². The molecule has 2 aliphatic rings. The molecular weight excluding hydrogens is 354 g/mol. The maximum absolute atomic E-state index is 12.6. The Hall–Kier alpha value is -2.23. The van der Waals surface area contributed by atoms with Crippen molar-refractivity contribution in [1.82, 2.24) is 20.2 Å². The quantitative estimate of drug-likeness (QED) is 0.624. The number of nitrogens with one attached hydrogen (secondary N) is 4. The van der Waals surface area contributed by atoms with Crippen LogP contribution in [0.2, 0.25) is 0 Å². The molecule has 138 valence electrons. The van der Waals surface area contributed by atoms with Crippen molar-refractivity contribution in [2.45, 2.75) is 43.7 Å². The predicted molar refractivity (Wildman–Crippen MR) is 96.5 cm³/mol. The molecule has 8 nitrogen and oxygen atoms in total. The Kier molecular flexibility index (Phi) is 4.29. The van der Waals surface area contributed by atoms with Crippen LogP contribution in [0.25, 0.3) is 0 Å². The Labute approximate surface area is 151 Å². The van der Waals surface area contributed by atoms with E-state index in [0.29, 0.717) is 23.5 Å². The van der Waals surface area contributed by atoms with E-state index in [0.717, 1.165) is 37.1 Å². The number of benzene rings is 1. The van der Waals surface area contributed by atoms with E-state index in [2.05, 4.69) is 25.6 Å². The van der Waals surface area contributed by atoms with Gasteiger partial charge in [-0.3, -0.25) is 9.89 Å². The lowest BCUT2D eigenvalue weighted by atomic mass is 10.1. The Balaban J connectivity index is 1.57. The van der Waals surface area contributed by atoms with E-state index in [1.165, 1.54) is 6.07 Å². The van der Waals surface area contributed by atoms with Crippen molar-refractivity contribution in [3.8, 4) is 0 Å². The zero-order valence-corrected chi connectivity index (χ0v) is 15.2. The second kappa shape index (κ2) is 6.49. The predicted octanol–water partition coefficient (Wildman–Crippen LogP) is 1.06. The number of nitrogens with zero attached hydrogens (tertiary/aromatic N) is 1. The molecule has 4 rings (SSSR count). The normalized spacial score (nSPS) is 17.0. The molecule has 0 spiro atoms. The fourth-order valence-electron chi connectivity index (χ4n) is 3.05. The monoisotopic (exact) mass is 375 g/mol. The zero-order valence-electron chi connectivity index (χ0n) is 14.4. The number of fused-ring (bicyclic) bond motifs is 1. The average molecular weight is 375 g/mol. The van der Waals surface area contributed by atoms with Gasteiger partial charge in [-0.05, 0) is 37.5 Å². The molecule has 2 heterocycles. The summed E-state index contributed by atoms with van der Waals surface area (Å²) in [5.41, 5.74) is 3.24. The van der Waals surface area contributed by atoms with Crippen LogP contribution in [-0.2, 0) is 23.0 Å². The van der Waals surface area contributed by atoms with Crippen LogP contribution in [0.4, 0.5) is 5.69 Å². The highest BCUT2D eigenvalue weighted by molar-refractivity contribution is 7.89. The molecule has 9 heteroatoms. The molecule has 4 N–H and O–H groups in total. The van der Waals surface area contributed by atoms with Crippen LogP contribution in [0.3, 0.4) is 0 Å². The van der Waals surface area contributed by atoms with Crippen molar-refractivity contribution in [3.63, 3.8) is 0 Å². The fraction of sp³-hybridized carbons (Fsp3) is 0.412. The van der Waals surface area contributed by atoms with Gasteiger partial charge in [0.1, 0.15) is 0 Å². The van der Waals surface area contributed by atoms with E-state index in [1.54, 1.807) is 19.1 Å². The third-order valence-corrected chi connectivity index (χ3v) is 6.32. The van der Waals surface area contributed by atoms with Crippen LogP contribution in [0.5, 0.6) is 0 Å². The minimum atomic E-state index is -3.59. The highest BCUT2D eigenvalue weighted by Gasteiger charge is 2.29. The van der Waals surface area contributed by atoms with Gasteiger partial charge in [-0.1, -0.05) is 6.07 Å². The number of rotatable bonds is 5. The summed E-state index contributed by atoms with van der Waals surface area (Å²) in [4.78, 5) is 12.8. The van der Waals surface area contributed by atoms with Crippen molar-refractivity contribution in [2.24, 2.45) is 0 Å². The lowest BCUT2D eigenvalue weighted by Gasteiger charge is -2.13. The van der Waals surface area contributed by atoms with Crippen LogP contribution < -0.4 is 15.4 Å². The van der Waals surface area contributed by atoms with Gasteiger partial charge in [0.25, 0.3) is 5.91 Å². The summed E-state index contributed by atoms with van der Waals surface area (Å²) in [5.74, 6) is -0.353. The maximum Gasteiger partial charge on any atom is 0.276 e. The Bertz CT molecular complexity index is 963. The molecule has 1 aromatic carbocycles. The summed E-state index contributed by atoms with van der Waals surface area (Å²) in [6.45, 7) is 3.18. The Morgan fingerprint density at radius 2 is 2.12 bits per heavy atom. The van der Waals surface area contributed by atoms with Gasteiger partial charge in [0.05, 0.1) is 4.90 Å². The highest BCUT2D eigenvalue weighted by Crippen LogP contribution is 2.26. The molecule has 0 atom stereocenters. The van der Waals surface area contributed by atoms with Crippen molar-refractivity contribution in [2.75, 3.05) is 11.9 Å².